The monoisotopic (exact) mass is 662 g/mol. The number of aromatic nitrogens is 4. The Morgan fingerprint density at radius 3 is 1.73 bits per heavy atom. The van der Waals surface area contributed by atoms with Gasteiger partial charge in [-0.2, -0.15) is 0 Å². The van der Waals surface area contributed by atoms with E-state index in [1.54, 1.807) is 8.80 Å². The van der Waals surface area contributed by atoms with Crippen LogP contribution in [-0.4, -0.2) is 18.8 Å². The Hall–Kier alpha value is -6.92. The normalized spacial score (nSPS) is 15.3. The van der Waals surface area contributed by atoms with E-state index in [-0.39, 0.29) is 17.0 Å². The molecule has 0 bridgehead atoms. The highest BCUT2D eigenvalue weighted by atomic mass is 16.1. The number of nitrogens with zero attached hydrogens (tertiary/aromatic N) is 4. The van der Waals surface area contributed by atoms with E-state index in [1.807, 2.05) is 54.6 Å². The van der Waals surface area contributed by atoms with Gasteiger partial charge >= 0.3 is 0 Å². The minimum Gasteiger partial charge on any atom is -0.268 e. The van der Waals surface area contributed by atoms with E-state index >= 15 is 0 Å². The molecule has 0 radical (unpaired) electrons. The van der Waals surface area contributed by atoms with Crippen LogP contribution in [0.1, 0.15) is 23.5 Å². The maximum atomic E-state index is 14.2. The van der Waals surface area contributed by atoms with E-state index in [2.05, 4.69) is 60.7 Å². The molecule has 0 saturated carbocycles. The first-order valence-electron chi connectivity index (χ1n) is 17.8. The quantitative estimate of drug-likeness (QED) is 0.120. The van der Waals surface area contributed by atoms with Gasteiger partial charge in [0.05, 0.1) is 22.1 Å². The highest BCUT2D eigenvalue weighted by molar-refractivity contribution is 6.39. The Labute approximate surface area is 291 Å². The van der Waals surface area contributed by atoms with Gasteiger partial charge in [0, 0.05) is 38.1 Å². The summed E-state index contributed by atoms with van der Waals surface area (Å²) < 4.78 is 3.58. The van der Waals surface area contributed by atoms with Crippen molar-refractivity contribution in [1.82, 2.24) is 18.8 Å². The van der Waals surface area contributed by atoms with Crippen LogP contribution in [-0.2, 0) is 0 Å². The van der Waals surface area contributed by atoms with Crippen LogP contribution in [0.4, 0.5) is 0 Å². The van der Waals surface area contributed by atoms with Crippen LogP contribution in [0.5, 0.6) is 0 Å². The maximum Gasteiger partial charge on any atom is 0.264 e. The average Bonchev–Trinajstić information content (AvgIpc) is 3.78. The van der Waals surface area contributed by atoms with Crippen molar-refractivity contribution in [3.63, 3.8) is 0 Å². The lowest BCUT2D eigenvalue weighted by Crippen LogP contribution is -2.34. The predicted molar refractivity (Wildman–Crippen MR) is 210 cm³/mol. The van der Waals surface area contributed by atoms with Crippen LogP contribution in [0.15, 0.2) is 119 Å². The maximum absolute atomic E-state index is 14.2. The van der Waals surface area contributed by atoms with E-state index in [0.717, 1.165) is 77.1 Å². The van der Waals surface area contributed by atoms with Crippen molar-refractivity contribution in [2.75, 3.05) is 0 Å². The van der Waals surface area contributed by atoms with Crippen molar-refractivity contribution in [3.8, 4) is 11.1 Å². The van der Waals surface area contributed by atoms with E-state index < -0.39 is 0 Å². The van der Waals surface area contributed by atoms with Gasteiger partial charge in [-0.25, -0.2) is 9.97 Å². The molecule has 0 saturated heterocycles. The van der Waals surface area contributed by atoms with Gasteiger partial charge in [-0.05, 0) is 109 Å². The minimum atomic E-state index is -0.0327. The first-order chi connectivity index (χ1) is 25.7. The molecule has 1 atom stereocenters. The lowest BCUT2D eigenvalue weighted by atomic mass is 9.70. The second-order valence-electron chi connectivity index (χ2n) is 14.7. The summed E-state index contributed by atoms with van der Waals surface area (Å²) in [5, 5.41) is 13.9. The van der Waals surface area contributed by atoms with Crippen molar-refractivity contribution in [2.45, 2.75) is 12.3 Å². The summed E-state index contributed by atoms with van der Waals surface area (Å²) >= 11 is 0. The second kappa shape index (κ2) is 8.33. The zero-order valence-electron chi connectivity index (χ0n) is 27.4. The van der Waals surface area contributed by atoms with Crippen LogP contribution in [0.3, 0.4) is 0 Å². The molecule has 0 spiro atoms. The Morgan fingerprint density at radius 2 is 1.00 bits per heavy atom. The molecule has 238 valence electrons. The predicted octanol–water partition coefficient (Wildman–Crippen LogP) is 8.82. The summed E-state index contributed by atoms with van der Waals surface area (Å²) in [6.45, 7) is 0. The molecule has 1 unspecified atom stereocenters. The van der Waals surface area contributed by atoms with Gasteiger partial charge in [0.2, 0.25) is 0 Å². The highest BCUT2D eigenvalue weighted by Gasteiger charge is 2.33. The van der Waals surface area contributed by atoms with Gasteiger partial charge in [0.1, 0.15) is 11.3 Å². The number of benzene rings is 8. The lowest BCUT2D eigenvalue weighted by molar-refractivity contribution is 0.855. The van der Waals surface area contributed by atoms with E-state index in [1.165, 1.54) is 43.8 Å². The van der Waals surface area contributed by atoms with Gasteiger partial charge in [0.25, 0.3) is 11.1 Å². The van der Waals surface area contributed by atoms with Crippen LogP contribution in [0.25, 0.3) is 115 Å². The van der Waals surface area contributed by atoms with Gasteiger partial charge in [-0.3, -0.25) is 18.4 Å². The first-order valence-corrected chi connectivity index (χ1v) is 17.8. The van der Waals surface area contributed by atoms with Gasteiger partial charge in [-0.15, -0.1) is 0 Å². The topological polar surface area (TPSA) is 68.7 Å². The zero-order valence-corrected chi connectivity index (χ0v) is 27.4. The summed E-state index contributed by atoms with van der Waals surface area (Å²) in [4.78, 5) is 38.3. The first kappa shape index (κ1) is 26.0. The van der Waals surface area contributed by atoms with Crippen molar-refractivity contribution in [3.05, 3.63) is 146 Å². The van der Waals surface area contributed by atoms with Gasteiger partial charge in [-0.1, -0.05) is 72.8 Å². The minimum absolute atomic E-state index is 0.00439. The zero-order chi connectivity index (χ0) is 33.7. The van der Waals surface area contributed by atoms with Crippen molar-refractivity contribution >= 4 is 104 Å². The number of fused-ring (bicyclic) bond motifs is 12. The highest BCUT2D eigenvalue weighted by Crippen LogP contribution is 2.54. The van der Waals surface area contributed by atoms with E-state index in [4.69, 9.17) is 9.97 Å². The molecule has 8 aromatic carbocycles. The largest absolute Gasteiger partial charge is 0.268 e. The third-order valence-corrected chi connectivity index (χ3v) is 12.5. The molecule has 52 heavy (non-hydrogen) atoms. The Bertz CT molecular complexity index is 3870. The summed E-state index contributed by atoms with van der Waals surface area (Å²) in [6, 6.07) is 37.9. The molecular formula is C46H22N4O2. The summed E-state index contributed by atoms with van der Waals surface area (Å²) in [5.74, 6) is 0.122. The van der Waals surface area contributed by atoms with Crippen molar-refractivity contribution in [2.24, 2.45) is 0 Å². The molecule has 2 aliphatic carbocycles. The summed E-state index contributed by atoms with van der Waals surface area (Å²) in [5.41, 5.74) is 9.69. The van der Waals surface area contributed by atoms with Gasteiger partial charge < -0.3 is 0 Å². The molecule has 6 heteroatoms. The van der Waals surface area contributed by atoms with Crippen LogP contribution in [0, 0.1) is 0 Å². The molecule has 0 aliphatic heterocycles. The molecular weight excluding hydrogens is 641 g/mol. The molecule has 14 rings (SSSR count). The smallest absolute Gasteiger partial charge is 0.264 e. The number of hydrogen-bond donors (Lipinski definition) is 0. The van der Waals surface area contributed by atoms with E-state index in [9.17, 15) is 9.59 Å². The number of para-hydroxylation sites is 4. The summed E-state index contributed by atoms with van der Waals surface area (Å²) in [6.07, 6.45) is 2.93. The van der Waals surface area contributed by atoms with E-state index in [0.29, 0.717) is 11.0 Å². The average molecular weight is 663 g/mol. The molecule has 6 nitrogen and oxygen atoms in total. The lowest BCUT2D eigenvalue weighted by Gasteiger charge is -2.32. The fourth-order valence-electron chi connectivity index (χ4n) is 10.5. The number of rotatable bonds is 0. The third-order valence-electron chi connectivity index (χ3n) is 12.5. The number of hydrogen-bond acceptors (Lipinski definition) is 4. The SMILES string of the molecule is O=c1c2c3c4c(ccc3c3nc5ccccc5n13)-c1ccc3c5ccc6c(=O)n7c8ccccc8nc7c7ccc(c8ccc(c1c38)C4CC=2)c5c67. The van der Waals surface area contributed by atoms with Crippen LogP contribution in [0.2, 0.25) is 0 Å². The fraction of sp³-hybridized carbons (Fsp3) is 0.0435. The van der Waals surface area contributed by atoms with Crippen LogP contribution >= 0.6 is 0 Å². The Kier molecular flexibility index (Phi) is 4.16. The molecule has 0 amide bonds. The second-order valence-corrected chi connectivity index (χ2v) is 14.7. The van der Waals surface area contributed by atoms with Crippen molar-refractivity contribution < 1.29 is 0 Å². The molecule has 2 aliphatic rings. The molecule has 0 N–H and O–H groups in total. The third kappa shape index (κ3) is 2.67. The number of pyridine rings is 2. The van der Waals surface area contributed by atoms with Gasteiger partial charge in [0.15, 0.2) is 0 Å². The Balaban J connectivity index is 1.12. The van der Waals surface area contributed by atoms with Crippen LogP contribution < -0.4 is 16.3 Å². The Morgan fingerprint density at radius 1 is 0.481 bits per heavy atom. The molecule has 12 aromatic rings. The molecule has 4 aromatic heterocycles. The standard InChI is InChI=1S/C46H22N4O2/c51-45-31-19-15-27-23-11-10-22-26-14-18-30-42-32(46(52)50-36-8-4-2-6-34(36)48-44(30)50)20-16-28(40(26)42)24-12-9-21(37(23)38(22)24)25-13-17-29(41(31)39(25)27)43-47-33-5-1-3-7-35(33)49(43)45/h1-15,17-20,28H,16H2. The fourth-order valence-corrected chi connectivity index (χ4v) is 10.5. The summed E-state index contributed by atoms with van der Waals surface area (Å²) in [7, 11) is 0. The number of imidazole rings is 2. The molecule has 4 heterocycles. The van der Waals surface area contributed by atoms with Crippen molar-refractivity contribution in [1.29, 1.82) is 0 Å². The molecule has 0 fully saturated rings.